The highest BCUT2D eigenvalue weighted by Gasteiger charge is 2.35. The van der Waals surface area contributed by atoms with Crippen LogP contribution in [0, 0.1) is 13.8 Å². The van der Waals surface area contributed by atoms with Crippen molar-refractivity contribution in [1.82, 2.24) is 9.29 Å². The van der Waals surface area contributed by atoms with Crippen molar-refractivity contribution in [2.45, 2.75) is 38.2 Å². The first-order valence-corrected chi connectivity index (χ1v) is 8.27. The molecule has 0 aromatic carbocycles. The minimum Gasteiger partial charge on any atom is -0.461 e. The van der Waals surface area contributed by atoms with E-state index in [0.29, 0.717) is 17.7 Å². The second-order valence-electron chi connectivity index (χ2n) is 5.11. The number of β-amino-alcohol motifs (C(OH)–C–C–N with tert-alkyl or cyclic N) is 1. The summed E-state index contributed by atoms with van der Waals surface area (Å²) in [4.78, 5) is 14.7. The molecule has 2 N–H and O–H groups in total. The normalized spacial score (nSPS) is 19.9. The number of nitrogens with zero attached hydrogens (tertiary/aromatic N) is 1. The molecule has 0 unspecified atom stereocenters. The van der Waals surface area contributed by atoms with Crippen LogP contribution in [0.15, 0.2) is 4.90 Å². The van der Waals surface area contributed by atoms with Crippen LogP contribution in [0.25, 0.3) is 0 Å². The maximum Gasteiger partial charge on any atom is 0.355 e. The van der Waals surface area contributed by atoms with E-state index in [-0.39, 0.29) is 30.3 Å². The Kier molecular flexibility index (Phi) is 4.40. The minimum atomic E-state index is -3.73. The van der Waals surface area contributed by atoms with Gasteiger partial charge in [-0.2, -0.15) is 4.31 Å². The number of hydrogen-bond donors (Lipinski definition) is 2. The molecule has 0 amide bonds. The Morgan fingerprint density at radius 1 is 1.48 bits per heavy atom. The van der Waals surface area contributed by atoms with Gasteiger partial charge in [0.15, 0.2) is 0 Å². The van der Waals surface area contributed by atoms with E-state index >= 15 is 0 Å². The summed E-state index contributed by atoms with van der Waals surface area (Å²) in [6.45, 7) is 5.46. The van der Waals surface area contributed by atoms with Crippen molar-refractivity contribution >= 4 is 16.0 Å². The van der Waals surface area contributed by atoms with Gasteiger partial charge in [-0.25, -0.2) is 13.2 Å². The molecule has 1 aromatic heterocycles. The maximum absolute atomic E-state index is 12.7. The number of aryl methyl sites for hydroxylation is 1. The zero-order chi connectivity index (χ0) is 15.8. The fourth-order valence-corrected chi connectivity index (χ4v) is 4.48. The van der Waals surface area contributed by atoms with Gasteiger partial charge < -0.3 is 14.8 Å². The predicted molar refractivity (Wildman–Crippen MR) is 75.6 cm³/mol. The largest absolute Gasteiger partial charge is 0.461 e. The van der Waals surface area contributed by atoms with E-state index in [9.17, 15) is 18.3 Å². The van der Waals surface area contributed by atoms with Crippen LogP contribution in [0.4, 0.5) is 0 Å². The van der Waals surface area contributed by atoms with Crippen LogP contribution in [0.1, 0.15) is 35.1 Å². The SMILES string of the molecule is CCOC(=O)c1[nH]c(C)c(S(=O)(=O)N2CC[C@H](O)C2)c1C. The molecular formula is C13H20N2O5S. The molecule has 0 bridgehead atoms. The first kappa shape index (κ1) is 16.0. The third-order valence-corrected chi connectivity index (χ3v) is 5.71. The molecule has 0 spiro atoms. The highest BCUT2D eigenvalue weighted by atomic mass is 32.2. The molecular weight excluding hydrogens is 296 g/mol. The Morgan fingerprint density at radius 2 is 2.14 bits per heavy atom. The number of nitrogens with one attached hydrogen (secondary N) is 1. The molecule has 2 heterocycles. The maximum atomic E-state index is 12.7. The van der Waals surface area contributed by atoms with Crippen LogP contribution in [0.3, 0.4) is 0 Å². The number of carbonyl (C=O) groups is 1. The summed E-state index contributed by atoms with van der Waals surface area (Å²) in [6.07, 6.45) is -0.212. The van der Waals surface area contributed by atoms with Gasteiger partial charge in [-0.15, -0.1) is 0 Å². The number of H-pyrrole nitrogens is 1. The van der Waals surface area contributed by atoms with Crippen molar-refractivity contribution in [1.29, 1.82) is 0 Å². The summed E-state index contributed by atoms with van der Waals surface area (Å²) in [5.74, 6) is -0.569. The summed E-state index contributed by atoms with van der Waals surface area (Å²) >= 11 is 0. The second kappa shape index (κ2) is 5.78. The van der Waals surface area contributed by atoms with Crippen molar-refractivity contribution in [2.75, 3.05) is 19.7 Å². The Balaban J connectivity index is 2.42. The van der Waals surface area contributed by atoms with Gasteiger partial charge in [0.05, 0.1) is 12.7 Å². The molecule has 1 saturated heterocycles. The average Bonchev–Trinajstić information content (AvgIpc) is 2.94. The number of carbonyl (C=O) groups excluding carboxylic acids is 1. The number of aliphatic hydroxyl groups is 1. The van der Waals surface area contributed by atoms with Crippen molar-refractivity contribution in [3.05, 3.63) is 17.0 Å². The zero-order valence-electron chi connectivity index (χ0n) is 12.3. The molecule has 0 aliphatic carbocycles. The Hall–Kier alpha value is -1.38. The molecule has 118 valence electrons. The Morgan fingerprint density at radius 3 is 2.67 bits per heavy atom. The number of aromatic nitrogens is 1. The van der Waals surface area contributed by atoms with E-state index in [4.69, 9.17) is 4.74 Å². The highest BCUT2D eigenvalue weighted by Crippen LogP contribution is 2.28. The van der Waals surface area contributed by atoms with Gasteiger partial charge in [0.1, 0.15) is 10.6 Å². The van der Waals surface area contributed by atoms with Crippen molar-refractivity contribution in [2.24, 2.45) is 0 Å². The fourth-order valence-electron chi connectivity index (χ4n) is 2.59. The lowest BCUT2D eigenvalue weighted by molar-refractivity contribution is 0.0519. The molecule has 1 aromatic rings. The molecule has 7 nitrogen and oxygen atoms in total. The van der Waals surface area contributed by atoms with Crippen molar-refractivity contribution in [3.8, 4) is 0 Å². The number of sulfonamides is 1. The van der Waals surface area contributed by atoms with E-state index in [1.165, 1.54) is 4.31 Å². The van der Waals surface area contributed by atoms with E-state index in [0.717, 1.165) is 0 Å². The molecule has 21 heavy (non-hydrogen) atoms. The molecule has 8 heteroatoms. The molecule has 0 saturated carbocycles. The number of esters is 1. The molecule has 1 aliphatic heterocycles. The molecule has 1 aliphatic rings. The van der Waals surface area contributed by atoms with Gasteiger partial charge in [0, 0.05) is 24.3 Å². The topological polar surface area (TPSA) is 99.7 Å². The van der Waals surface area contributed by atoms with Crippen LogP contribution >= 0.6 is 0 Å². The molecule has 2 rings (SSSR count). The number of hydrogen-bond acceptors (Lipinski definition) is 5. The summed E-state index contributed by atoms with van der Waals surface area (Å²) in [5, 5.41) is 9.52. The lowest BCUT2D eigenvalue weighted by Crippen LogP contribution is -2.30. The third kappa shape index (κ3) is 2.83. The summed E-state index contributed by atoms with van der Waals surface area (Å²) in [5.41, 5.74) is 0.914. The van der Waals surface area contributed by atoms with Crippen LogP contribution in [0.2, 0.25) is 0 Å². The average molecular weight is 316 g/mol. The van der Waals surface area contributed by atoms with Gasteiger partial charge in [0.2, 0.25) is 10.0 Å². The monoisotopic (exact) mass is 316 g/mol. The lowest BCUT2D eigenvalue weighted by Gasteiger charge is -2.16. The van der Waals surface area contributed by atoms with Gasteiger partial charge in [-0.1, -0.05) is 0 Å². The first-order valence-electron chi connectivity index (χ1n) is 6.83. The molecule has 0 radical (unpaired) electrons. The number of rotatable bonds is 4. The molecule has 1 fully saturated rings. The zero-order valence-corrected chi connectivity index (χ0v) is 13.2. The Labute approximate surface area is 124 Å². The van der Waals surface area contributed by atoms with Crippen molar-refractivity contribution in [3.63, 3.8) is 0 Å². The summed E-state index contributed by atoms with van der Waals surface area (Å²) in [7, 11) is -3.73. The van der Waals surface area contributed by atoms with E-state index in [1.54, 1.807) is 20.8 Å². The predicted octanol–water partition coefficient (Wildman–Crippen LogP) is 0.564. The van der Waals surface area contributed by atoms with E-state index < -0.39 is 22.1 Å². The summed E-state index contributed by atoms with van der Waals surface area (Å²) < 4.78 is 31.5. The van der Waals surface area contributed by atoms with E-state index in [2.05, 4.69) is 4.98 Å². The third-order valence-electron chi connectivity index (χ3n) is 3.57. The van der Waals surface area contributed by atoms with Crippen molar-refractivity contribution < 1.29 is 23.1 Å². The van der Waals surface area contributed by atoms with E-state index in [1.807, 2.05) is 0 Å². The van der Waals surface area contributed by atoms with Crippen LogP contribution in [-0.4, -0.2) is 54.6 Å². The minimum absolute atomic E-state index is 0.0845. The van der Waals surface area contributed by atoms with Gasteiger partial charge in [-0.05, 0) is 27.2 Å². The number of aromatic amines is 1. The fraction of sp³-hybridized carbons (Fsp3) is 0.615. The standard InChI is InChI=1S/C13H20N2O5S/c1-4-20-13(17)11-8(2)12(9(3)14-11)21(18,19)15-6-5-10(16)7-15/h10,14,16H,4-7H2,1-3H3/t10-/m0/s1. The first-order chi connectivity index (χ1) is 9.78. The van der Waals surface area contributed by atoms with Crippen LogP contribution in [0.5, 0.6) is 0 Å². The Bertz CT molecular complexity index is 650. The van der Waals surface area contributed by atoms with Gasteiger partial charge in [-0.3, -0.25) is 0 Å². The van der Waals surface area contributed by atoms with Gasteiger partial charge >= 0.3 is 5.97 Å². The van der Waals surface area contributed by atoms with Crippen LogP contribution in [-0.2, 0) is 14.8 Å². The quantitative estimate of drug-likeness (QED) is 0.791. The molecule has 1 atom stereocenters. The second-order valence-corrected chi connectivity index (χ2v) is 6.98. The summed E-state index contributed by atoms with van der Waals surface area (Å²) in [6, 6.07) is 0. The lowest BCUT2D eigenvalue weighted by atomic mass is 10.2. The smallest absolute Gasteiger partial charge is 0.355 e. The van der Waals surface area contributed by atoms with Crippen LogP contribution < -0.4 is 0 Å². The van der Waals surface area contributed by atoms with Gasteiger partial charge in [0.25, 0.3) is 0 Å². The number of ether oxygens (including phenoxy) is 1. The number of aliphatic hydroxyl groups excluding tert-OH is 1. The highest BCUT2D eigenvalue weighted by molar-refractivity contribution is 7.89.